The zero-order chi connectivity index (χ0) is 13.1. The molecule has 0 amide bonds. The Morgan fingerprint density at radius 3 is 2.63 bits per heavy atom. The van der Waals surface area contributed by atoms with Gasteiger partial charge in [0.25, 0.3) is 0 Å². The fourth-order valence-corrected chi connectivity index (χ4v) is 1.58. The Bertz CT molecular complexity index is 561. The predicted octanol–water partition coefficient (Wildman–Crippen LogP) is 3.76. The summed E-state index contributed by atoms with van der Waals surface area (Å²) < 4.78 is 18.6. The van der Waals surface area contributed by atoms with Crippen LogP contribution in [0.15, 0.2) is 36.5 Å². The third-order valence-corrected chi connectivity index (χ3v) is 2.59. The Hall–Kier alpha value is -1.65. The normalized spacial score (nSPS) is 11.6. The SMILES string of the molecule is Cc1cc(C(C)N)cnc1Oc1cccc(F)c1.Cl. The van der Waals surface area contributed by atoms with Crippen molar-refractivity contribution in [1.29, 1.82) is 0 Å². The van der Waals surface area contributed by atoms with Crippen molar-refractivity contribution in [3.05, 3.63) is 53.5 Å². The second-order valence-corrected chi connectivity index (χ2v) is 4.24. The van der Waals surface area contributed by atoms with E-state index in [1.807, 2.05) is 19.9 Å². The molecule has 0 fully saturated rings. The van der Waals surface area contributed by atoms with Gasteiger partial charge in [0.15, 0.2) is 0 Å². The average molecular weight is 283 g/mol. The van der Waals surface area contributed by atoms with Gasteiger partial charge in [0, 0.05) is 23.9 Å². The summed E-state index contributed by atoms with van der Waals surface area (Å²) in [5, 5.41) is 0. The molecule has 5 heteroatoms. The summed E-state index contributed by atoms with van der Waals surface area (Å²) in [4.78, 5) is 4.20. The molecule has 0 aliphatic rings. The van der Waals surface area contributed by atoms with Gasteiger partial charge in [-0.25, -0.2) is 9.37 Å². The van der Waals surface area contributed by atoms with Crippen LogP contribution in [0.3, 0.4) is 0 Å². The Labute approximate surface area is 118 Å². The van der Waals surface area contributed by atoms with Crippen LogP contribution >= 0.6 is 12.4 Å². The molecule has 0 aliphatic carbocycles. The van der Waals surface area contributed by atoms with Gasteiger partial charge in [0.1, 0.15) is 11.6 Å². The number of hydrogen-bond donors (Lipinski definition) is 1. The molecule has 102 valence electrons. The molecule has 1 heterocycles. The highest BCUT2D eigenvalue weighted by atomic mass is 35.5. The summed E-state index contributed by atoms with van der Waals surface area (Å²) in [6.45, 7) is 3.77. The average Bonchev–Trinajstić information content (AvgIpc) is 2.31. The summed E-state index contributed by atoms with van der Waals surface area (Å²) in [7, 11) is 0. The lowest BCUT2D eigenvalue weighted by molar-refractivity contribution is 0.453. The standard InChI is InChI=1S/C14H15FN2O.ClH/c1-9-6-11(10(2)16)8-17-14(9)18-13-5-3-4-12(15)7-13;/h3-8,10H,16H2,1-2H3;1H. The van der Waals surface area contributed by atoms with E-state index in [0.717, 1.165) is 11.1 Å². The quantitative estimate of drug-likeness (QED) is 0.932. The first kappa shape index (κ1) is 15.4. The number of aromatic nitrogens is 1. The minimum absolute atomic E-state index is 0. The molecule has 1 atom stereocenters. The molecule has 2 N–H and O–H groups in total. The number of nitrogens with zero attached hydrogens (tertiary/aromatic N) is 1. The van der Waals surface area contributed by atoms with Crippen LogP contribution < -0.4 is 10.5 Å². The van der Waals surface area contributed by atoms with Gasteiger partial charge in [0.05, 0.1) is 0 Å². The first-order chi connectivity index (χ1) is 8.56. The van der Waals surface area contributed by atoms with Gasteiger partial charge in [-0.15, -0.1) is 12.4 Å². The van der Waals surface area contributed by atoms with Gasteiger partial charge < -0.3 is 10.5 Å². The van der Waals surface area contributed by atoms with Crippen LogP contribution in [0.4, 0.5) is 4.39 Å². The first-order valence-corrected chi connectivity index (χ1v) is 5.72. The molecule has 19 heavy (non-hydrogen) atoms. The molecule has 2 aromatic rings. The highest BCUT2D eigenvalue weighted by Gasteiger charge is 2.07. The number of pyridine rings is 1. The maximum absolute atomic E-state index is 13.0. The van der Waals surface area contributed by atoms with E-state index in [4.69, 9.17) is 10.5 Å². The smallest absolute Gasteiger partial charge is 0.222 e. The molecule has 1 aromatic carbocycles. The van der Waals surface area contributed by atoms with Crippen molar-refractivity contribution in [3.8, 4) is 11.6 Å². The molecule has 0 saturated carbocycles. The van der Waals surface area contributed by atoms with E-state index in [-0.39, 0.29) is 24.3 Å². The summed E-state index contributed by atoms with van der Waals surface area (Å²) in [5.41, 5.74) is 7.59. The van der Waals surface area contributed by atoms with Crippen LogP contribution in [0.1, 0.15) is 24.1 Å². The number of halogens is 2. The van der Waals surface area contributed by atoms with Crippen molar-refractivity contribution in [3.63, 3.8) is 0 Å². The summed E-state index contributed by atoms with van der Waals surface area (Å²) in [6, 6.07) is 7.82. The largest absolute Gasteiger partial charge is 0.439 e. The van der Waals surface area contributed by atoms with Gasteiger partial charge >= 0.3 is 0 Å². The minimum Gasteiger partial charge on any atom is -0.439 e. The highest BCUT2D eigenvalue weighted by Crippen LogP contribution is 2.24. The molecule has 3 nitrogen and oxygen atoms in total. The fourth-order valence-electron chi connectivity index (χ4n) is 1.58. The second kappa shape index (κ2) is 6.50. The molecular weight excluding hydrogens is 267 g/mol. The molecular formula is C14H16ClFN2O. The maximum atomic E-state index is 13.0. The van der Waals surface area contributed by atoms with Crippen molar-refractivity contribution in [2.75, 3.05) is 0 Å². The third kappa shape index (κ3) is 3.91. The Kier molecular flexibility index (Phi) is 5.27. The Morgan fingerprint density at radius 2 is 2.05 bits per heavy atom. The maximum Gasteiger partial charge on any atom is 0.222 e. The van der Waals surface area contributed by atoms with E-state index in [0.29, 0.717) is 11.6 Å². The van der Waals surface area contributed by atoms with Gasteiger partial charge in [-0.2, -0.15) is 0 Å². The van der Waals surface area contributed by atoms with Gasteiger partial charge in [-0.3, -0.25) is 0 Å². The van der Waals surface area contributed by atoms with Crippen molar-refractivity contribution in [2.24, 2.45) is 5.73 Å². The number of nitrogens with two attached hydrogens (primary N) is 1. The topological polar surface area (TPSA) is 48.1 Å². The number of aryl methyl sites for hydroxylation is 1. The number of benzene rings is 1. The molecule has 0 radical (unpaired) electrons. The van der Waals surface area contributed by atoms with E-state index < -0.39 is 0 Å². The van der Waals surface area contributed by atoms with Crippen LogP contribution in [0.5, 0.6) is 11.6 Å². The van der Waals surface area contributed by atoms with Crippen molar-refractivity contribution >= 4 is 12.4 Å². The van der Waals surface area contributed by atoms with Crippen LogP contribution in [-0.2, 0) is 0 Å². The van der Waals surface area contributed by atoms with Crippen LogP contribution in [-0.4, -0.2) is 4.98 Å². The van der Waals surface area contributed by atoms with Crippen LogP contribution in [0.25, 0.3) is 0 Å². The second-order valence-electron chi connectivity index (χ2n) is 4.24. The zero-order valence-corrected chi connectivity index (χ0v) is 11.6. The number of rotatable bonds is 3. The van der Waals surface area contributed by atoms with E-state index in [1.54, 1.807) is 18.3 Å². The highest BCUT2D eigenvalue weighted by molar-refractivity contribution is 5.85. The molecule has 0 bridgehead atoms. The molecule has 0 saturated heterocycles. The first-order valence-electron chi connectivity index (χ1n) is 5.72. The van der Waals surface area contributed by atoms with Gasteiger partial charge in [-0.05, 0) is 37.6 Å². The molecule has 1 unspecified atom stereocenters. The van der Waals surface area contributed by atoms with Crippen molar-refractivity contribution in [1.82, 2.24) is 4.98 Å². The zero-order valence-electron chi connectivity index (χ0n) is 10.8. The van der Waals surface area contributed by atoms with Gasteiger partial charge in [-0.1, -0.05) is 6.07 Å². The summed E-state index contributed by atoms with van der Waals surface area (Å²) >= 11 is 0. The molecule has 1 aromatic heterocycles. The lowest BCUT2D eigenvalue weighted by Gasteiger charge is -2.10. The molecule has 0 aliphatic heterocycles. The van der Waals surface area contributed by atoms with Gasteiger partial charge in [0.2, 0.25) is 5.88 Å². The minimum atomic E-state index is -0.336. The van der Waals surface area contributed by atoms with E-state index in [1.165, 1.54) is 12.1 Å². The number of hydrogen-bond acceptors (Lipinski definition) is 3. The van der Waals surface area contributed by atoms with E-state index in [2.05, 4.69) is 4.98 Å². The third-order valence-electron chi connectivity index (χ3n) is 2.59. The fraction of sp³-hybridized carbons (Fsp3) is 0.214. The predicted molar refractivity (Wildman–Crippen MR) is 75.3 cm³/mol. The summed E-state index contributed by atoms with van der Waals surface area (Å²) in [5.74, 6) is 0.557. The lowest BCUT2D eigenvalue weighted by atomic mass is 10.1. The summed E-state index contributed by atoms with van der Waals surface area (Å²) in [6.07, 6.45) is 1.67. The van der Waals surface area contributed by atoms with E-state index >= 15 is 0 Å². The van der Waals surface area contributed by atoms with Crippen molar-refractivity contribution < 1.29 is 9.13 Å². The Balaban J connectivity index is 0.00000180. The van der Waals surface area contributed by atoms with Crippen LogP contribution in [0, 0.1) is 12.7 Å². The van der Waals surface area contributed by atoms with Crippen molar-refractivity contribution in [2.45, 2.75) is 19.9 Å². The lowest BCUT2D eigenvalue weighted by Crippen LogP contribution is -2.06. The van der Waals surface area contributed by atoms with Crippen LogP contribution in [0.2, 0.25) is 0 Å². The molecule has 2 rings (SSSR count). The number of ether oxygens (including phenoxy) is 1. The Morgan fingerprint density at radius 1 is 1.32 bits per heavy atom. The molecule has 0 spiro atoms. The van der Waals surface area contributed by atoms with E-state index in [9.17, 15) is 4.39 Å². The monoisotopic (exact) mass is 282 g/mol.